The maximum absolute atomic E-state index is 11.4. The molecule has 0 radical (unpaired) electrons. The molecule has 0 aliphatic heterocycles. The fourth-order valence-electron chi connectivity index (χ4n) is 1.20. The van der Waals surface area contributed by atoms with Gasteiger partial charge in [0.2, 0.25) is 5.76 Å². The van der Waals surface area contributed by atoms with Crippen LogP contribution in [0.15, 0.2) is 10.5 Å². The molecule has 0 unspecified atom stereocenters. The van der Waals surface area contributed by atoms with Gasteiger partial charge in [-0.2, -0.15) is 0 Å². The molecule has 0 fully saturated rings. The molecule has 1 aromatic heterocycles. The van der Waals surface area contributed by atoms with Gasteiger partial charge in [0.1, 0.15) is 5.76 Å². The maximum Gasteiger partial charge on any atom is 0.374 e. The van der Waals surface area contributed by atoms with Gasteiger partial charge in [-0.1, -0.05) is 0 Å². The molecule has 0 saturated carbocycles. The Bertz CT molecular complexity index is 314. The number of carbonyl (C=O) groups excluding carboxylic acids is 1. The van der Waals surface area contributed by atoms with E-state index in [1.54, 1.807) is 27.0 Å². The molecule has 0 atom stereocenters. The number of methoxy groups -OCH3 is 1. The van der Waals surface area contributed by atoms with Crippen LogP contribution in [0, 0.1) is 6.92 Å². The second-order valence-electron chi connectivity index (χ2n) is 2.86. The average molecular weight is 198 g/mol. The number of hydrogen-bond donors (Lipinski definition) is 0. The van der Waals surface area contributed by atoms with E-state index in [9.17, 15) is 4.79 Å². The summed E-state index contributed by atoms with van der Waals surface area (Å²) in [6.07, 6.45) is 0. The number of esters is 1. The van der Waals surface area contributed by atoms with Crippen molar-refractivity contribution in [1.29, 1.82) is 0 Å². The van der Waals surface area contributed by atoms with Crippen molar-refractivity contribution in [1.82, 2.24) is 0 Å². The van der Waals surface area contributed by atoms with Crippen LogP contribution in [-0.2, 0) is 16.1 Å². The minimum Gasteiger partial charge on any atom is -0.460 e. The van der Waals surface area contributed by atoms with Crippen molar-refractivity contribution >= 4 is 5.97 Å². The van der Waals surface area contributed by atoms with Crippen molar-refractivity contribution in [2.75, 3.05) is 13.7 Å². The molecule has 1 aromatic rings. The van der Waals surface area contributed by atoms with E-state index in [4.69, 9.17) is 13.9 Å². The Balaban J connectivity index is 2.88. The number of carbonyl (C=O) groups is 1. The highest BCUT2D eigenvalue weighted by Crippen LogP contribution is 2.16. The van der Waals surface area contributed by atoms with Crippen molar-refractivity contribution in [3.05, 3.63) is 23.2 Å². The van der Waals surface area contributed by atoms with Gasteiger partial charge in [0.15, 0.2) is 0 Å². The molecular weight excluding hydrogens is 184 g/mol. The summed E-state index contributed by atoms with van der Waals surface area (Å²) < 4.78 is 15.0. The molecule has 0 N–H and O–H groups in total. The van der Waals surface area contributed by atoms with Gasteiger partial charge >= 0.3 is 5.97 Å². The third kappa shape index (κ3) is 2.35. The minimum atomic E-state index is -0.437. The van der Waals surface area contributed by atoms with Crippen LogP contribution in [0.5, 0.6) is 0 Å². The van der Waals surface area contributed by atoms with Gasteiger partial charge in [0.25, 0.3) is 0 Å². The lowest BCUT2D eigenvalue weighted by Crippen LogP contribution is -2.06. The highest BCUT2D eigenvalue weighted by molar-refractivity contribution is 5.88. The van der Waals surface area contributed by atoms with E-state index in [0.29, 0.717) is 19.0 Å². The molecular formula is C10H14O4. The van der Waals surface area contributed by atoms with E-state index >= 15 is 0 Å². The molecule has 0 aliphatic rings. The molecule has 4 nitrogen and oxygen atoms in total. The SMILES string of the molecule is CCOC(=O)c1oc(C)cc1COC. The number of furan rings is 1. The van der Waals surface area contributed by atoms with E-state index in [1.165, 1.54) is 0 Å². The summed E-state index contributed by atoms with van der Waals surface area (Å²) in [6.45, 7) is 4.22. The topological polar surface area (TPSA) is 48.7 Å². The van der Waals surface area contributed by atoms with Gasteiger partial charge in [-0.25, -0.2) is 4.79 Å². The van der Waals surface area contributed by atoms with Crippen molar-refractivity contribution < 1.29 is 18.7 Å². The average Bonchev–Trinajstić information content (AvgIpc) is 2.48. The van der Waals surface area contributed by atoms with Gasteiger partial charge in [0.05, 0.1) is 13.2 Å². The normalized spacial score (nSPS) is 10.2. The van der Waals surface area contributed by atoms with Crippen molar-refractivity contribution in [3.63, 3.8) is 0 Å². The lowest BCUT2D eigenvalue weighted by Gasteiger charge is -2.00. The van der Waals surface area contributed by atoms with E-state index in [2.05, 4.69) is 0 Å². The zero-order valence-corrected chi connectivity index (χ0v) is 8.62. The Morgan fingerprint density at radius 3 is 2.86 bits per heavy atom. The lowest BCUT2D eigenvalue weighted by atomic mass is 10.2. The fourth-order valence-corrected chi connectivity index (χ4v) is 1.20. The summed E-state index contributed by atoms with van der Waals surface area (Å²) in [5, 5.41) is 0. The molecule has 78 valence electrons. The number of rotatable bonds is 4. The molecule has 0 saturated heterocycles. The zero-order valence-electron chi connectivity index (χ0n) is 8.62. The predicted molar refractivity (Wildman–Crippen MR) is 50.1 cm³/mol. The van der Waals surface area contributed by atoms with Gasteiger partial charge in [-0.15, -0.1) is 0 Å². The Hall–Kier alpha value is -1.29. The standard InChI is InChI=1S/C10H14O4/c1-4-13-10(11)9-8(6-12-3)5-7(2)14-9/h5H,4,6H2,1-3H3. The molecule has 0 spiro atoms. The van der Waals surface area contributed by atoms with Gasteiger partial charge in [0, 0.05) is 12.7 Å². The Morgan fingerprint density at radius 1 is 1.57 bits per heavy atom. The molecule has 0 aromatic carbocycles. The first-order valence-electron chi connectivity index (χ1n) is 4.44. The van der Waals surface area contributed by atoms with E-state index < -0.39 is 5.97 Å². The first-order valence-corrected chi connectivity index (χ1v) is 4.44. The summed E-state index contributed by atoms with van der Waals surface area (Å²) in [4.78, 5) is 11.4. The van der Waals surface area contributed by atoms with Crippen LogP contribution in [0.1, 0.15) is 28.8 Å². The number of hydrogen-bond acceptors (Lipinski definition) is 4. The summed E-state index contributed by atoms with van der Waals surface area (Å²) >= 11 is 0. The maximum atomic E-state index is 11.4. The monoisotopic (exact) mass is 198 g/mol. The summed E-state index contributed by atoms with van der Waals surface area (Å²) in [5.41, 5.74) is 0.725. The molecule has 0 bridgehead atoms. The quantitative estimate of drug-likeness (QED) is 0.693. The Morgan fingerprint density at radius 2 is 2.29 bits per heavy atom. The van der Waals surface area contributed by atoms with E-state index in [1.807, 2.05) is 0 Å². The molecule has 0 amide bonds. The van der Waals surface area contributed by atoms with Crippen molar-refractivity contribution in [2.24, 2.45) is 0 Å². The summed E-state index contributed by atoms with van der Waals surface area (Å²) in [5.74, 6) is 0.485. The molecule has 4 heteroatoms. The smallest absolute Gasteiger partial charge is 0.374 e. The fraction of sp³-hybridized carbons (Fsp3) is 0.500. The van der Waals surface area contributed by atoms with E-state index in [-0.39, 0.29) is 5.76 Å². The third-order valence-corrected chi connectivity index (χ3v) is 1.69. The van der Waals surface area contributed by atoms with Crippen LogP contribution < -0.4 is 0 Å². The minimum absolute atomic E-state index is 0.242. The Labute approximate surface area is 82.8 Å². The van der Waals surface area contributed by atoms with Gasteiger partial charge in [-0.05, 0) is 19.9 Å². The van der Waals surface area contributed by atoms with Crippen LogP contribution in [0.25, 0.3) is 0 Å². The summed E-state index contributed by atoms with van der Waals surface area (Å²) in [6, 6.07) is 1.77. The highest BCUT2D eigenvalue weighted by Gasteiger charge is 2.17. The predicted octanol–water partition coefficient (Wildman–Crippen LogP) is 1.91. The van der Waals surface area contributed by atoms with Gasteiger partial charge in [-0.3, -0.25) is 0 Å². The van der Waals surface area contributed by atoms with Gasteiger partial charge < -0.3 is 13.9 Å². The zero-order chi connectivity index (χ0) is 10.6. The second kappa shape index (κ2) is 4.81. The molecule has 1 rings (SSSR count). The Kier molecular flexibility index (Phi) is 3.71. The van der Waals surface area contributed by atoms with Crippen LogP contribution in [0.3, 0.4) is 0 Å². The van der Waals surface area contributed by atoms with Crippen LogP contribution >= 0.6 is 0 Å². The lowest BCUT2D eigenvalue weighted by molar-refractivity contribution is 0.0482. The van der Waals surface area contributed by atoms with E-state index in [0.717, 1.165) is 5.56 Å². The number of aryl methyl sites for hydroxylation is 1. The highest BCUT2D eigenvalue weighted by atomic mass is 16.5. The third-order valence-electron chi connectivity index (χ3n) is 1.69. The van der Waals surface area contributed by atoms with Crippen LogP contribution in [-0.4, -0.2) is 19.7 Å². The van der Waals surface area contributed by atoms with Crippen molar-refractivity contribution in [2.45, 2.75) is 20.5 Å². The molecule has 1 heterocycles. The largest absolute Gasteiger partial charge is 0.460 e. The first-order chi connectivity index (χ1) is 6.69. The summed E-state index contributed by atoms with van der Waals surface area (Å²) in [7, 11) is 1.57. The van der Waals surface area contributed by atoms with Crippen LogP contribution in [0.4, 0.5) is 0 Å². The number of ether oxygens (including phenoxy) is 2. The molecule has 0 aliphatic carbocycles. The van der Waals surface area contributed by atoms with Crippen molar-refractivity contribution in [3.8, 4) is 0 Å². The first kappa shape index (κ1) is 10.8. The molecule has 14 heavy (non-hydrogen) atoms. The van der Waals surface area contributed by atoms with Crippen LogP contribution in [0.2, 0.25) is 0 Å². The second-order valence-corrected chi connectivity index (χ2v) is 2.86.